The van der Waals surface area contributed by atoms with E-state index in [2.05, 4.69) is 9.69 Å². The van der Waals surface area contributed by atoms with Crippen molar-refractivity contribution in [2.45, 2.75) is 51.6 Å². The zero-order chi connectivity index (χ0) is 25.1. The Balaban J connectivity index is 1.86. The van der Waals surface area contributed by atoms with Gasteiger partial charge in [-0.1, -0.05) is 60.9 Å². The topological polar surface area (TPSA) is 131 Å². The summed E-state index contributed by atoms with van der Waals surface area (Å²) < 4.78 is 4.00. The Kier molecular flexibility index (Phi) is 7.16. The zero-order valence-electron chi connectivity index (χ0n) is 19.8. The minimum absolute atomic E-state index is 0.0628. The fourth-order valence-electron chi connectivity index (χ4n) is 4.45. The SMILES string of the molecule is Cc1ccc([C@@H](C(=O)NC2CCCC2)N(C(=O)c2snc(C(N)=O)c2N)c2ccccc2C)cc1. The number of nitrogen functional groups attached to an aromatic ring is 1. The monoisotopic (exact) mass is 491 g/mol. The lowest BCUT2D eigenvalue weighted by Gasteiger charge is -2.33. The molecule has 8 nitrogen and oxygen atoms in total. The van der Waals surface area contributed by atoms with Crippen molar-refractivity contribution in [2.24, 2.45) is 5.73 Å². The van der Waals surface area contributed by atoms with E-state index in [0.29, 0.717) is 11.3 Å². The number of carbonyl (C=O) groups is 3. The van der Waals surface area contributed by atoms with Gasteiger partial charge in [-0.05, 0) is 55.4 Å². The van der Waals surface area contributed by atoms with Crippen LogP contribution < -0.4 is 21.7 Å². The van der Waals surface area contributed by atoms with Crippen LogP contribution in [0, 0.1) is 13.8 Å². The second-order valence-corrected chi connectivity index (χ2v) is 9.68. The predicted molar refractivity (Wildman–Crippen MR) is 137 cm³/mol. The normalized spacial score (nSPS) is 14.5. The third kappa shape index (κ3) is 5.05. The first-order valence-corrected chi connectivity index (χ1v) is 12.4. The lowest BCUT2D eigenvalue weighted by Crippen LogP contribution is -2.46. The number of rotatable bonds is 7. The Hall–Kier alpha value is -3.72. The largest absolute Gasteiger partial charge is 0.395 e. The first-order chi connectivity index (χ1) is 16.8. The molecule has 35 heavy (non-hydrogen) atoms. The summed E-state index contributed by atoms with van der Waals surface area (Å²) in [6.45, 7) is 3.84. The third-order valence-corrected chi connectivity index (χ3v) is 7.20. The van der Waals surface area contributed by atoms with Crippen LogP contribution in [0.4, 0.5) is 11.4 Å². The Labute approximate surface area is 208 Å². The van der Waals surface area contributed by atoms with Crippen LogP contribution in [0.25, 0.3) is 0 Å². The zero-order valence-corrected chi connectivity index (χ0v) is 20.6. The molecule has 2 aromatic carbocycles. The number of anilines is 2. The van der Waals surface area contributed by atoms with Gasteiger partial charge in [-0.3, -0.25) is 19.3 Å². The van der Waals surface area contributed by atoms with Crippen molar-refractivity contribution in [2.75, 3.05) is 10.6 Å². The average molecular weight is 492 g/mol. The molecule has 1 aliphatic rings. The third-order valence-electron chi connectivity index (χ3n) is 6.35. The van der Waals surface area contributed by atoms with Crippen LogP contribution in [-0.4, -0.2) is 28.1 Å². The van der Waals surface area contributed by atoms with Crippen molar-refractivity contribution in [3.63, 3.8) is 0 Å². The van der Waals surface area contributed by atoms with Crippen LogP contribution >= 0.6 is 11.5 Å². The number of primary amides is 1. The number of para-hydroxylation sites is 1. The second kappa shape index (κ2) is 10.3. The number of aryl methyl sites for hydroxylation is 2. The number of nitrogens with zero attached hydrogens (tertiary/aromatic N) is 2. The summed E-state index contributed by atoms with van der Waals surface area (Å²) in [7, 11) is 0. The maximum absolute atomic E-state index is 14.1. The van der Waals surface area contributed by atoms with Gasteiger partial charge in [-0.15, -0.1) is 0 Å². The van der Waals surface area contributed by atoms with E-state index >= 15 is 0 Å². The number of hydrogen-bond donors (Lipinski definition) is 3. The molecule has 0 bridgehead atoms. The number of amides is 3. The molecule has 5 N–H and O–H groups in total. The first-order valence-electron chi connectivity index (χ1n) is 11.6. The molecule has 4 rings (SSSR count). The van der Waals surface area contributed by atoms with Gasteiger partial charge in [-0.25, -0.2) is 0 Å². The molecule has 182 valence electrons. The molecule has 0 aliphatic heterocycles. The molecule has 1 atom stereocenters. The van der Waals surface area contributed by atoms with E-state index in [0.717, 1.165) is 48.3 Å². The number of benzene rings is 2. The highest BCUT2D eigenvalue weighted by atomic mass is 32.1. The quantitative estimate of drug-likeness (QED) is 0.461. The van der Waals surface area contributed by atoms with Gasteiger partial charge in [0.05, 0.1) is 5.69 Å². The van der Waals surface area contributed by atoms with Crippen LogP contribution in [0.15, 0.2) is 48.5 Å². The van der Waals surface area contributed by atoms with Crippen LogP contribution in [0.3, 0.4) is 0 Å². The smallest absolute Gasteiger partial charge is 0.273 e. The highest BCUT2D eigenvalue weighted by molar-refractivity contribution is 7.09. The fourth-order valence-corrected chi connectivity index (χ4v) is 5.20. The lowest BCUT2D eigenvalue weighted by molar-refractivity contribution is -0.123. The van der Waals surface area contributed by atoms with E-state index in [-0.39, 0.29) is 28.2 Å². The molecule has 1 heterocycles. The first kappa shape index (κ1) is 24.4. The van der Waals surface area contributed by atoms with Crippen LogP contribution in [-0.2, 0) is 4.79 Å². The summed E-state index contributed by atoms with van der Waals surface area (Å²) in [6, 6.07) is 14.0. The number of carbonyl (C=O) groups excluding carboxylic acids is 3. The van der Waals surface area contributed by atoms with E-state index < -0.39 is 17.9 Å². The summed E-state index contributed by atoms with van der Waals surface area (Å²) in [6.07, 6.45) is 3.95. The molecule has 1 aliphatic carbocycles. The number of nitrogens with one attached hydrogen (secondary N) is 1. The van der Waals surface area contributed by atoms with E-state index in [1.54, 1.807) is 6.07 Å². The summed E-state index contributed by atoms with van der Waals surface area (Å²) >= 11 is 0.802. The number of nitrogens with two attached hydrogens (primary N) is 2. The standard InChI is InChI=1S/C26H29N5O3S/c1-15-11-13-17(14-12-15)22(25(33)29-18-8-4-5-9-18)31(19-10-6-3-7-16(19)2)26(34)23-20(27)21(24(28)32)30-35-23/h3,6-7,10-14,18,22H,4-5,8-9,27H2,1-2H3,(H2,28,32)(H,29,33)/t22-/m0/s1. The lowest BCUT2D eigenvalue weighted by atomic mass is 9.99. The molecule has 1 saturated carbocycles. The van der Waals surface area contributed by atoms with Gasteiger partial charge in [0.2, 0.25) is 5.91 Å². The van der Waals surface area contributed by atoms with Crippen LogP contribution in [0.2, 0.25) is 0 Å². The van der Waals surface area contributed by atoms with Crippen molar-refractivity contribution in [3.05, 3.63) is 75.8 Å². The van der Waals surface area contributed by atoms with Gasteiger partial charge < -0.3 is 16.8 Å². The Morgan fingerprint density at radius 2 is 1.71 bits per heavy atom. The van der Waals surface area contributed by atoms with Crippen molar-refractivity contribution in [3.8, 4) is 0 Å². The molecule has 3 aromatic rings. The molecule has 9 heteroatoms. The Bertz CT molecular complexity index is 1250. The maximum Gasteiger partial charge on any atom is 0.273 e. The second-order valence-electron chi connectivity index (χ2n) is 8.90. The molecule has 0 radical (unpaired) electrons. The van der Waals surface area contributed by atoms with Gasteiger partial charge in [0.1, 0.15) is 10.9 Å². The highest BCUT2D eigenvalue weighted by Crippen LogP contribution is 2.35. The average Bonchev–Trinajstić information content (AvgIpc) is 3.48. The summed E-state index contributed by atoms with van der Waals surface area (Å²) in [5.74, 6) is -1.60. The molecule has 1 fully saturated rings. The van der Waals surface area contributed by atoms with Gasteiger partial charge in [0.15, 0.2) is 5.69 Å². The van der Waals surface area contributed by atoms with Crippen molar-refractivity contribution < 1.29 is 14.4 Å². The predicted octanol–water partition coefficient (Wildman–Crippen LogP) is 3.89. The van der Waals surface area contributed by atoms with Crippen LogP contribution in [0.5, 0.6) is 0 Å². The molecular weight excluding hydrogens is 462 g/mol. The van der Waals surface area contributed by atoms with Crippen molar-refractivity contribution >= 4 is 40.6 Å². The van der Waals surface area contributed by atoms with Gasteiger partial charge in [0, 0.05) is 11.7 Å². The van der Waals surface area contributed by atoms with Crippen molar-refractivity contribution in [1.82, 2.24) is 9.69 Å². The summed E-state index contributed by atoms with van der Waals surface area (Å²) in [4.78, 5) is 41.1. The highest BCUT2D eigenvalue weighted by Gasteiger charge is 2.37. The maximum atomic E-state index is 14.1. The molecule has 1 aromatic heterocycles. The van der Waals surface area contributed by atoms with E-state index in [9.17, 15) is 14.4 Å². The fraction of sp³-hybridized carbons (Fsp3) is 0.308. The van der Waals surface area contributed by atoms with E-state index in [1.807, 2.05) is 56.3 Å². The van der Waals surface area contributed by atoms with Crippen molar-refractivity contribution in [1.29, 1.82) is 0 Å². The molecule has 0 saturated heterocycles. The molecular formula is C26H29N5O3S. The number of aromatic nitrogens is 1. The van der Waals surface area contributed by atoms with Gasteiger partial charge in [-0.2, -0.15) is 4.37 Å². The van der Waals surface area contributed by atoms with E-state index in [1.165, 1.54) is 4.90 Å². The minimum Gasteiger partial charge on any atom is -0.395 e. The summed E-state index contributed by atoms with van der Waals surface area (Å²) in [5.41, 5.74) is 14.4. The van der Waals surface area contributed by atoms with Gasteiger partial charge >= 0.3 is 0 Å². The Morgan fingerprint density at radius 1 is 1.06 bits per heavy atom. The minimum atomic E-state index is -0.955. The van der Waals surface area contributed by atoms with Gasteiger partial charge in [0.25, 0.3) is 11.8 Å². The summed E-state index contributed by atoms with van der Waals surface area (Å²) in [5, 5.41) is 3.16. The van der Waals surface area contributed by atoms with E-state index in [4.69, 9.17) is 11.5 Å². The number of hydrogen-bond acceptors (Lipinski definition) is 6. The molecule has 3 amide bonds. The Morgan fingerprint density at radius 3 is 2.31 bits per heavy atom. The molecule has 0 spiro atoms. The molecule has 0 unspecified atom stereocenters. The van der Waals surface area contributed by atoms with Crippen LogP contribution in [0.1, 0.15) is 68.6 Å².